The smallest absolute Gasteiger partial charge is 0.302 e. The van der Waals surface area contributed by atoms with Crippen molar-refractivity contribution >= 4 is 40.8 Å². The summed E-state index contributed by atoms with van der Waals surface area (Å²) in [7, 11) is 0. The van der Waals surface area contributed by atoms with E-state index in [2.05, 4.69) is 175 Å². The number of hydrogen-bond donors (Lipinski definition) is 1. The number of rotatable bonds is 27. The fourth-order valence-corrected chi connectivity index (χ4v) is 5.51. The van der Waals surface area contributed by atoms with Crippen LogP contribution < -0.4 is 5.32 Å². The number of amides is 1. The van der Waals surface area contributed by atoms with Crippen LogP contribution in [0, 0.1) is 11.8 Å². The van der Waals surface area contributed by atoms with Gasteiger partial charge in [0.25, 0.3) is 0 Å². The summed E-state index contributed by atoms with van der Waals surface area (Å²) in [6.07, 6.45) is 29.3. The summed E-state index contributed by atoms with van der Waals surface area (Å²) in [5, 5.41) is 2.54. The highest BCUT2D eigenvalue weighted by Gasteiger charge is 2.06. The van der Waals surface area contributed by atoms with E-state index in [0.717, 1.165) is 42.9 Å². The zero-order valence-corrected chi connectivity index (χ0v) is 68.8. The van der Waals surface area contributed by atoms with Crippen LogP contribution >= 0.6 is 0 Å². The number of nitrogens with one attached hydrogen (secondary N) is 1. The first-order chi connectivity index (χ1) is 48.2. The van der Waals surface area contributed by atoms with Crippen molar-refractivity contribution in [2.24, 2.45) is 11.8 Å². The van der Waals surface area contributed by atoms with Crippen molar-refractivity contribution in [3.63, 3.8) is 0 Å². The van der Waals surface area contributed by atoms with Gasteiger partial charge in [0.1, 0.15) is 18.2 Å². The lowest BCUT2D eigenvalue weighted by molar-refractivity contribution is -0.139. The Kier molecular flexibility index (Phi) is 118. The van der Waals surface area contributed by atoms with Gasteiger partial charge in [-0.25, -0.2) is 0 Å². The van der Waals surface area contributed by atoms with Crippen molar-refractivity contribution < 1.29 is 52.5 Å². The topological polar surface area (TPSA) is 168 Å². The lowest BCUT2D eigenvalue weighted by Crippen LogP contribution is -2.19. The Morgan fingerprint density at radius 2 is 0.882 bits per heavy atom. The van der Waals surface area contributed by atoms with Crippen LogP contribution in [-0.2, 0) is 42.9 Å². The lowest BCUT2D eigenvalue weighted by Gasteiger charge is -2.15. The number of esters is 1. The lowest BCUT2D eigenvalue weighted by atomic mass is 9.91. The highest BCUT2D eigenvalue weighted by Crippen LogP contribution is 2.22. The first-order valence-corrected chi connectivity index (χ1v) is 36.2. The second-order valence-electron chi connectivity index (χ2n) is 23.2. The predicted molar refractivity (Wildman–Crippen MR) is 447 cm³/mol. The number of benzene rings is 3. The third-order valence-electron chi connectivity index (χ3n) is 12.3. The van der Waals surface area contributed by atoms with E-state index < -0.39 is 0 Å². The summed E-state index contributed by atoms with van der Waals surface area (Å²) in [5.74, 6) is 2.89. The molecule has 0 radical (unpaired) electrons. The Hall–Kier alpha value is -7.77. The average Bonchev–Trinajstić information content (AvgIpc) is 0.959. The zero-order valence-electron chi connectivity index (χ0n) is 68.8. The van der Waals surface area contributed by atoms with E-state index in [1.165, 1.54) is 89.4 Å². The third kappa shape index (κ3) is 132. The summed E-state index contributed by atoms with van der Waals surface area (Å²) in [6.45, 7) is 78.8. The largest absolute Gasteiger partial charge is 0.462 e. The van der Waals surface area contributed by atoms with Crippen molar-refractivity contribution in [1.29, 1.82) is 0 Å². The molecule has 12 nitrogen and oxygen atoms in total. The molecule has 4 rings (SSSR count). The second kappa shape index (κ2) is 102. The number of hydrogen-bond acceptors (Lipinski definition) is 11. The van der Waals surface area contributed by atoms with E-state index in [1.807, 2.05) is 87.5 Å². The SMILES string of the molecule is C=C(C)C(C)=O.C=C(C)CC.C=CC.C=CCC.C=CCC(C)=O.C=CCNC(C)=O.C=CCOC(C)=O.C=CCOCC(C)CC.C=CCOCC(CC)OCC=C.CC(=O)c1ccccc1.CC(=O)c1ccccc1.CC1CCCCC1.CCC.CCC(C)=O.CCC(C)c1ccccc1. The summed E-state index contributed by atoms with van der Waals surface area (Å²) in [6, 6.07) is 29.1. The van der Waals surface area contributed by atoms with Crippen LogP contribution in [0.15, 0.2) is 217 Å². The van der Waals surface area contributed by atoms with Gasteiger partial charge in [-0.05, 0) is 110 Å². The van der Waals surface area contributed by atoms with Gasteiger partial charge < -0.3 is 29.1 Å². The number of carbonyl (C=O) groups is 7. The molecule has 1 aliphatic rings. The molecule has 0 aromatic heterocycles. The van der Waals surface area contributed by atoms with Gasteiger partial charge in [0.15, 0.2) is 17.3 Å². The molecule has 102 heavy (non-hydrogen) atoms. The molecule has 3 atom stereocenters. The Labute approximate surface area is 627 Å². The minimum absolute atomic E-state index is 0.0140. The molecule has 1 fully saturated rings. The molecule has 1 amide bonds. The van der Waals surface area contributed by atoms with Crippen LogP contribution in [0.2, 0.25) is 0 Å². The Bertz CT molecular complexity index is 2360. The van der Waals surface area contributed by atoms with E-state index in [1.54, 1.807) is 71.1 Å². The van der Waals surface area contributed by atoms with Crippen molar-refractivity contribution in [2.45, 2.75) is 241 Å². The standard InChI is InChI=1S/C10H18O2.C10H14.2C8H8O.C8H16O.C7H14.C5H9NO.C5H8O2.2C5H8O.C5H10.C4H8O.C4H8.C3H8.C3H6/c1-4-7-11-9-10(6-3)12-8-5-2;1-3-9(2)10-7-5-4-6-8-10;2*1-7(9)8-5-3-2-4-6-8;1-4-6-9-7-8(3)5-2;1-7-5-3-2-4-6-7;1-3-4-6-5(2)7;1-3-4-7-5(2)6;1-4(2)5(3)6;1-3-4-5(2)6;1-4-5(2)3;1-3-4(2)5;1-3-4-2;2*1-3-2/h4-5,10H,1-2,6-9H2,3H3;4-9H,3H2,1-2H3;2*2-6H,1H3;4,8H,1,5-7H2,2-3H3;7H,2-6H2,1H3;3H,1,4H2,2H3,(H,6,7);3H,1,4H2,2H3;1H2,2-3H3;3H,1,4H2,2H3;2,4H2,1,3H3;3H2,1-2H3;3H,1,4H2,2H3;3H2,1-2H3;3H,1H2,2H3. The molecule has 1 saturated carbocycles. The van der Waals surface area contributed by atoms with E-state index in [-0.39, 0.29) is 46.9 Å². The van der Waals surface area contributed by atoms with Crippen molar-refractivity contribution in [3.8, 4) is 0 Å². The van der Waals surface area contributed by atoms with Crippen molar-refractivity contribution in [1.82, 2.24) is 5.32 Å². The first kappa shape index (κ1) is 118. The highest BCUT2D eigenvalue weighted by atomic mass is 16.5. The molecule has 0 bridgehead atoms. The summed E-state index contributed by atoms with van der Waals surface area (Å²) < 4.78 is 20.3. The predicted octanol–water partition coefficient (Wildman–Crippen LogP) is 24.5. The van der Waals surface area contributed by atoms with E-state index >= 15 is 0 Å². The summed E-state index contributed by atoms with van der Waals surface area (Å²) in [5.41, 5.74) is 4.88. The Balaban J connectivity index is -0.0000000979. The fraction of sp³-hybridized carbons (Fsp3) is 0.500. The minimum atomic E-state index is -0.264. The van der Waals surface area contributed by atoms with Gasteiger partial charge in [0.05, 0.1) is 32.5 Å². The van der Waals surface area contributed by atoms with Crippen molar-refractivity contribution in [2.75, 3.05) is 46.2 Å². The normalized spacial score (nSPS) is 10.4. The van der Waals surface area contributed by atoms with Gasteiger partial charge in [0, 0.05) is 51.0 Å². The van der Waals surface area contributed by atoms with Gasteiger partial charge >= 0.3 is 5.97 Å². The quantitative estimate of drug-likeness (QED) is 0.0253. The maximum atomic E-state index is 10.6. The molecule has 3 unspecified atom stereocenters. The molecule has 1 N–H and O–H groups in total. The zero-order chi connectivity index (χ0) is 81.2. The number of ether oxygens (including phenoxy) is 4. The number of allylic oxidation sites excluding steroid dienone is 5. The Morgan fingerprint density at radius 3 is 1.08 bits per heavy atom. The van der Waals surface area contributed by atoms with Gasteiger partial charge in [0.2, 0.25) is 5.91 Å². The second-order valence-corrected chi connectivity index (χ2v) is 23.2. The van der Waals surface area contributed by atoms with Gasteiger partial charge in [-0.1, -0.05) is 279 Å². The molecular formula is C90H151NO11. The molecule has 0 heterocycles. The van der Waals surface area contributed by atoms with Crippen molar-refractivity contribution in [3.05, 3.63) is 233 Å². The van der Waals surface area contributed by atoms with Crippen LogP contribution in [0.3, 0.4) is 0 Å². The molecule has 0 saturated heterocycles. The summed E-state index contributed by atoms with van der Waals surface area (Å²) >= 11 is 0. The summed E-state index contributed by atoms with van der Waals surface area (Å²) in [4.78, 5) is 71.1. The van der Waals surface area contributed by atoms with Gasteiger partial charge in [-0.3, -0.25) is 28.8 Å². The van der Waals surface area contributed by atoms with Crippen LogP contribution in [0.1, 0.15) is 261 Å². The monoisotopic (exact) mass is 1420 g/mol. The van der Waals surface area contributed by atoms with Crippen LogP contribution in [-0.4, -0.2) is 93.1 Å². The minimum Gasteiger partial charge on any atom is -0.462 e. The molecule has 3 aromatic carbocycles. The maximum absolute atomic E-state index is 10.6. The van der Waals surface area contributed by atoms with E-state index in [9.17, 15) is 33.6 Å². The molecule has 1 aliphatic carbocycles. The number of carbonyl (C=O) groups excluding carboxylic acids is 7. The number of Topliss-reactive ketones (excluding diaryl/α,β-unsaturated/α-hetero) is 5. The van der Waals surface area contributed by atoms with Gasteiger partial charge in [-0.15, -0.1) is 52.6 Å². The maximum Gasteiger partial charge on any atom is 0.302 e. The van der Waals surface area contributed by atoms with E-state index in [0.29, 0.717) is 69.8 Å². The van der Waals surface area contributed by atoms with Crippen LogP contribution in [0.5, 0.6) is 0 Å². The number of ketones is 5. The van der Waals surface area contributed by atoms with Gasteiger partial charge in [-0.2, -0.15) is 0 Å². The molecule has 582 valence electrons. The molecule has 0 aliphatic heterocycles. The molecule has 0 spiro atoms. The van der Waals surface area contributed by atoms with Crippen LogP contribution in [0.4, 0.5) is 0 Å². The average molecular weight is 1420 g/mol. The molecular weight excluding hydrogens is 1270 g/mol. The highest BCUT2D eigenvalue weighted by molar-refractivity contribution is 5.94. The van der Waals surface area contributed by atoms with E-state index in [4.69, 9.17) is 14.2 Å². The van der Waals surface area contributed by atoms with Crippen LogP contribution in [0.25, 0.3) is 0 Å². The Morgan fingerprint density at radius 1 is 0.510 bits per heavy atom. The molecule has 3 aromatic rings. The fourth-order valence-electron chi connectivity index (χ4n) is 5.51. The molecule has 12 heteroatoms. The first-order valence-electron chi connectivity index (χ1n) is 36.2. The third-order valence-corrected chi connectivity index (χ3v) is 12.3.